The summed E-state index contributed by atoms with van der Waals surface area (Å²) in [5.74, 6) is -1.01. The number of benzene rings is 1. The molecule has 0 radical (unpaired) electrons. The van der Waals surface area contributed by atoms with Crippen LogP contribution in [0.15, 0.2) is 18.2 Å². The number of rotatable bonds is 6. The van der Waals surface area contributed by atoms with Crippen LogP contribution < -0.4 is 0 Å². The van der Waals surface area contributed by atoms with E-state index >= 15 is 0 Å². The highest BCUT2D eigenvalue weighted by Crippen LogP contribution is 2.17. The fraction of sp³-hybridized carbons (Fsp3) is 0.385. The zero-order valence-electron chi connectivity index (χ0n) is 10.1. The fourth-order valence-corrected chi connectivity index (χ4v) is 1.83. The van der Waals surface area contributed by atoms with E-state index in [2.05, 4.69) is 0 Å². The molecule has 0 fully saturated rings. The Morgan fingerprint density at radius 3 is 2.61 bits per heavy atom. The Balaban J connectivity index is 2.89. The van der Waals surface area contributed by atoms with Gasteiger partial charge in [0.15, 0.2) is 0 Å². The first-order chi connectivity index (χ1) is 8.58. The summed E-state index contributed by atoms with van der Waals surface area (Å²) in [5, 5.41) is 8.64. The zero-order chi connectivity index (χ0) is 13.5. The Morgan fingerprint density at radius 1 is 1.33 bits per heavy atom. The Kier molecular flexibility index (Phi) is 5.65. The first-order valence-electron chi connectivity index (χ1n) is 5.65. The second-order valence-electron chi connectivity index (χ2n) is 3.73. The fourth-order valence-electron chi connectivity index (χ4n) is 1.58. The average Bonchev–Trinajstić information content (AvgIpc) is 2.36. The highest BCUT2D eigenvalue weighted by Gasteiger charge is 2.10. The summed E-state index contributed by atoms with van der Waals surface area (Å²) in [6.07, 6.45) is 0.448. The maximum absolute atomic E-state index is 11.5. The van der Waals surface area contributed by atoms with Crippen molar-refractivity contribution in [3.63, 3.8) is 0 Å². The molecule has 0 amide bonds. The molecule has 1 aromatic rings. The van der Waals surface area contributed by atoms with E-state index in [9.17, 15) is 9.59 Å². The molecule has 0 aliphatic heterocycles. The molecule has 1 N–H and O–H groups in total. The van der Waals surface area contributed by atoms with Gasteiger partial charge in [0.05, 0.1) is 12.2 Å². The van der Waals surface area contributed by atoms with Crippen LogP contribution in [0.2, 0.25) is 0 Å². The predicted molar refractivity (Wildman–Crippen MR) is 67.9 cm³/mol. The molecule has 0 spiro atoms. The number of aliphatic carboxylic acids is 1. The van der Waals surface area contributed by atoms with Crippen LogP contribution in [0.5, 0.6) is 0 Å². The first kappa shape index (κ1) is 14.5. The molecular weight excluding hydrogens is 256 g/mol. The Bertz CT molecular complexity index is 443. The van der Waals surface area contributed by atoms with Gasteiger partial charge < -0.3 is 9.84 Å². The van der Waals surface area contributed by atoms with Crippen molar-refractivity contribution in [2.24, 2.45) is 0 Å². The van der Waals surface area contributed by atoms with Gasteiger partial charge in [0, 0.05) is 12.3 Å². The van der Waals surface area contributed by atoms with Crippen LogP contribution in [0.4, 0.5) is 0 Å². The number of carbonyl (C=O) groups is 2. The summed E-state index contributed by atoms with van der Waals surface area (Å²) in [6.45, 7) is 2.05. The molecule has 0 saturated heterocycles. The van der Waals surface area contributed by atoms with Crippen molar-refractivity contribution in [3.05, 3.63) is 34.9 Å². The molecule has 98 valence electrons. The Hall–Kier alpha value is -1.55. The van der Waals surface area contributed by atoms with Gasteiger partial charge in [0.2, 0.25) is 0 Å². The van der Waals surface area contributed by atoms with E-state index in [4.69, 9.17) is 21.4 Å². The van der Waals surface area contributed by atoms with E-state index in [1.807, 2.05) is 0 Å². The lowest BCUT2D eigenvalue weighted by Crippen LogP contribution is -2.06. The largest absolute Gasteiger partial charge is 0.481 e. The molecule has 0 heterocycles. The molecule has 0 aliphatic rings. The smallest absolute Gasteiger partial charge is 0.338 e. The van der Waals surface area contributed by atoms with E-state index in [1.165, 1.54) is 0 Å². The lowest BCUT2D eigenvalue weighted by Gasteiger charge is -2.08. The Labute approximate surface area is 111 Å². The minimum absolute atomic E-state index is 0.0443. The lowest BCUT2D eigenvalue weighted by molar-refractivity contribution is -0.136. The van der Waals surface area contributed by atoms with Crippen molar-refractivity contribution < 1.29 is 19.4 Å². The van der Waals surface area contributed by atoms with Gasteiger partial charge in [0.25, 0.3) is 0 Å². The van der Waals surface area contributed by atoms with Gasteiger partial charge in [-0.15, -0.1) is 11.6 Å². The van der Waals surface area contributed by atoms with Crippen molar-refractivity contribution >= 4 is 23.5 Å². The summed E-state index contributed by atoms with van der Waals surface area (Å²) in [5.41, 5.74) is 2.05. The minimum Gasteiger partial charge on any atom is -0.481 e. The SMILES string of the molecule is CCOC(=O)c1ccc(CCC(=O)O)c(CCl)c1. The number of aryl methyl sites for hydroxylation is 1. The molecular formula is C13H15ClO4. The number of hydrogen-bond acceptors (Lipinski definition) is 3. The summed E-state index contributed by atoms with van der Waals surface area (Å²) < 4.78 is 4.89. The zero-order valence-corrected chi connectivity index (χ0v) is 10.9. The molecule has 1 aromatic carbocycles. The molecule has 4 nitrogen and oxygen atoms in total. The number of carboxylic acids is 1. The molecule has 0 unspecified atom stereocenters. The van der Waals surface area contributed by atoms with Gasteiger partial charge >= 0.3 is 11.9 Å². The van der Waals surface area contributed by atoms with Gasteiger partial charge in [-0.05, 0) is 36.6 Å². The molecule has 1 rings (SSSR count). The molecule has 0 saturated carbocycles. The van der Waals surface area contributed by atoms with E-state index in [-0.39, 0.29) is 12.3 Å². The third kappa shape index (κ3) is 4.04. The van der Waals surface area contributed by atoms with Gasteiger partial charge in [-0.25, -0.2) is 4.79 Å². The number of alkyl halides is 1. The number of hydrogen-bond donors (Lipinski definition) is 1. The Morgan fingerprint density at radius 2 is 2.06 bits per heavy atom. The van der Waals surface area contributed by atoms with Crippen molar-refractivity contribution in [2.45, 2.75) is 25.6 Å². The summed E-state index contributed by atoms with van der Waals surface area (Å²) in [7, 11) is 0. The second-order valence-corrected chi connectivity index (χ2v) is 4.00. The normalized spacial score (nSPS) is 10.1. The van der Waals surface area contributed by atoms with Crippen molar-refractivity contribution in [3.8, 4) is 0 Å². The van der Waals surface area contributed by atoms with Crippen LogP contribution in [0.25, 0.3) is 0 Å². The molecule has 0 aliphatic carbocycles. The van der Waals surface area contributed by atoms with Crippen molar-refractivity contribution in [1.82, 2.24) is 0 Å². The molecule has 0 atom stereocenters. The summed E-state index contributed by atoms with van der Waals surface area (Å²) in [4.78, 5) is 22.1. The van der Waals surface area contributed by atoms with Crippen LogP contribution in [0, 0.1) is 0 Å². The van der Waals surface area contributed by atoms with Crippen LogP contribution >= 0.6 is 11.6 Å². The molecule has 18 heavy (non-hydrogen) atoms. The van der Waals surface area contributed by atoms with Crippen LogP contribution in [-0.2, 0) is 21.8 Å². The number of ether oxygens (including phenoxy) is 1. The number of carboxylic acid groups (broad SMARTS) is 1. The predicted octanol–water partition coefficient (Wildman–Crippen LogP) is 2.62. The van der Waals surface area contributed by atoms with Crippen molar-refractivity contribution in [1.29, 1.82) is 0 Å². The maximum atomic E-state index is 11.5. The van der Waals surface area contributed by atoms with E-state index in [1.54, 1.807) is 25.1 Å². The average molecular weight is 271 g/mol. The number of carbonyl (C=O) groups excluding carboxylic acids is 1. The minimum atomic E-state index is -0.856. The monoisotopic (exact) mass is 270 g/mol. The number of esters is 1. The standard InChI is InChI=1S/C13H15ClO4/c1-2-18-13(17)10-4-3-9(5-6-12(15)16)11(7-10)8-14/h3-4,7H,2,5-6,8H2,1H3,(H,15,16). The number of halogens is 1. The lowest BCUT2D eigenvalue weighted by atomic mass is 10.0. The second kappa shape index (κ2) is 7.01. The molecule has 5 heteroatoms. The van der Waals surface area contributed by atoms with E-state index in [0.717, 1.165) is 11.1 Å². The first-order valence-corrected chi connectivity index (χ1v) is 6.18. The quantitative estimate of drug-likeness (QED) is 0.637. The third-order valence-electron chi connectivity index (χ3n) is 2.47. The van der Waals surface area contributed by atoms with E-state index in [0.29, 0.717) is 18.6 Å². The van der Waals surface area contributed by atoms with Gasteiger partial charge in [0.1, 0.15) is 0 Å². The topological polar surface area (TPSA) is 63.6 Å². The highest BCUT2D eigenvalue weighted by atomic mass is 35.5. The highest BCUT2D eigenvalue weighted by molar-refractivity contribution is 6.17. The maximum Gasteiger partial charge on any atom is 0.338 e. The van der Waals surface area contributed by atoms with Crippen molar-refractivity contribution in [2.75, 3.05) is 6.61 Å². The third-order valence-corrected chi connectivity index (χ3v) is 2.76. The summed E-state index contributed by atoms with van der Waals surface area (Å²) in [6, 6.07) is 5.01. The summed E-state index contributed by atoms with van der Waals surface area (Å²) >= 11 is 5.80. The van der Waals surface area contributed by atoms with Gasteiger partial charge in [-0.2, -0.15) is 0 Å². The van der Waals surface area contributed by atoms with Gasteiger partial charge in [-0.3, -0.25) is 4.79 Å². The van der Waals surface area contributed by atoms with E-state index < -0.39 is 11.9 Å². The molecule has 0 aromatic heterocycles. The molecule has 0 bridgehead atoms. The van der Waals surface area contributed by atoms with Crippen LogP contribution in [0.1, 0.15) is 34.8 Å². The van der Waals surface area contributed by atoms with Crippen LogP contribution in [0.3, 0.4) is 0 Å². The van der Waals surface area contributed by atoms with Gasteiger partial charge in [-0.1, -0.05) is 6.07 Å². The van der Waals surface area contributed by atoms with Crippen LogP contribution in [-0.4, -0.2) is 23.7 Å².